The Bertz CT molecular complexity index is 708. The number of aryl methyl sites for hydroxylation is 1. The average molecular weight is 296 g/mol. The van der Waals surface area contributed by atoms with Crippen molar-refractivity contribution >= 4 is 5.69 Å². The van der Waals surface area contributed by atoms with E-state index in [0.29, 0.717) is 24.1 Å². The van der Waals surface area contributed by atoms with Crippen LogP contribution < -0.4 is 5.73 Å². The number of fused-ring (bicyclic) bond motifs is 1. The summed E-state index contributed by atoms with van der Waals surface area (Å²) in [5, 5.41) is 0. The van der Waals surface area contributed by atoms with Gasteiger partial charge in [-0.2, -0.15) is 13.2 Å². The fraction of sp³-hybridized carbons (Fsp3) is 0.267. The van der Waals surface area contributed by atoms with E-state index in [1.54, 1.807) is 0 Å². The molecule has 0 amide bonds. The molecule has 0 unspecified atom stereocenters. The highest BCUT2D eigenvalue weighted by Crippen LogP contribution is 2.43. The molecule has 1 heterocycles. The zero-order valence-corrected chi connectivity index (χ0v) is 11.0. The SMILES string of the molecule is Nc1c2c(nc(C(F)(F)F)c1-c1cccc(F)c1)CCC2. The lowest BCUT2D eigenvalue weighted by atomic mass is 9.97. The lowest BCUT2D eigenvalue weighted by molar-refractivity contribution is -0.140. The van der Waals surface area contributed by atoms with Gasteiger partial charge in [-0.15, -0.1) is 0 Å². The zero-order valence-electron chi connectivity index (χ0n) is 11.0. The standard InChI is InChI=1S/C15H12F4N2/c16-9-4-1-3-8(7-9)12-13(20)10-5-2-6-11(10)21-14(12)15(17,18)19/h1,3-4,7H,2,5-6H2,(H2,20,21). The summed E-state index contributed by atoms with van der Waals surface area (Å²) in [5.41, 5.74) is 5.92. The van der Waals surface area contributed by atoms with Gasteiger partial charge in [-0.05, 0) is 42.5 Å². The Hall–Kier alpha value is -2.11. The van der Waals surface area contributed by atoms with Gasteiger partial charge in [-0.3, -0.25) is 0 Å². The molecule has 0 aliphatic heterocycles. The topological polar surface area (TPSA) is 38.9 Å². The monoisotopic (exact) mass is 296 g/mol. The molecule has 2 nitrogen and oxygen atoms in total. The van der Waals surface area contributed by atoms with E-state index in [0.717, 1.165) is 12.5 Å². The predicted molar refractivity (Wildman–Crippen MR) is 71.1 cm³/mol. The van der Waals surface area contributed by atoms with Crippen LogP contribution in [0, 0.1) is 5.82 Å². The summed E-state index contributed by atoms with van der Waals surface area (Å²) in [6.45, 7) is 0. The number of halogens is 4. The predicted octanol–water partition coefficient (Wildman–Crippen LogP) is 3.98. The van der Waals surface area contributed by atoms with Gasteiger partial charge in [0, 0.05) is 16.9 Å². The number of anilines is 1. The molecule has 2 N–H and O–H groups in total. The van der Waals surface area contributed by atoms with Crippen LogP contribution in [0.2, 0.25) is 0 Å². The molecular formula is C15H12F4N2. The molecule has 0 saturated carbocycles. The van der Waals surface area contributed by atoms with Crippen molar-refractivity contribution in [3.63, 3.8) is 0 Å². The molecule has 1 aromatic carbocycles. The Morgan fingerprint density at radius 2 is 1.90 bits per heavy atom. The summed E-state index contributed by atoms with van der Waals surface area (Å²) in [7, 11) is 0. The van der Waals surface area contributed by atoms with E-state index in [1.807, 2.05) is 0 Å². The van der Waals surface area contributed by atoms with Gasteiger partial charge in [0.15, 0.2) is 5.69 Å². The second-order valence-corrected chi connectivity index (χ2v) is 5.04. The maximum absolute atomic E-state index is 13.3. The summed E-state index contributed by atoms with van der Waals surface area (Å²) in [4.78, 5) is 3.76. The number of nitrogens with zero attached hydrogens (tertiary/aromatic N) is 1. The molecule has 110 valence electrons. The van der Waals surface area contributed by atoms with E-state index in [9.17, 15) is 17.6 Å². The molecular weight excluding hydrogens is 284 g/mol. The normalized spacial score (nSPS) is 14.3. The van der Waals surface area contributed by atoms with Crippen molar-refractivity contribution in [3.8, 4) is 11.1 Å². The number of aromatic nitrogens is 1. The fourth-order valence-electron chi connectivity index (χ4n) is 2.75. The van der Waals surface area contributed by atoms with Gasteiger partial charge >= 0.3 is 6.18 Å². The van der Waals surface area contributed by atoms with E-state index >= 15 is 0 Å². The van der Waals surface area contributed by atoms with Crippen LogP contribution in [-0.2, 0) is 19.0 Å². The van der Waals surface area contributed by atoms with E-state index in [2.05, 4.69) is 4.98 Å². The first kappa shape index (κ1) is 13.9. The van der Waals surface area contributed by atoms with Gasteiger partial charge in [0.2, 0.25) is 0 Å². The summed E-state index contributed by atoms with van der Waals surface area (Å²) in [6.07, 6.45) is -2.80. The highest BCUT2D eigenvalue weighted by atomic mass is 19.4. The van der Waals surface area contributed by atoms with Crippen LogP contribution in [0.5, 0.6) is 0 Å². The van der Waals surface area contributed by atoms with Gasteiger partial charge in [0.05, 0.1) is 0 Å². The average Bonchev–Trinajstić information content (AvgIpc) is 2.86. The maximum Gasteiger partial charge on any atom is 0.434 e. The highest BCUT2D eigenvalue weighted by molar-refractivity contribution is 5.81. The maximum atomic E-state index is 13.3. The minimum atomic E-state index is -4.63. The molecule has 0 saturated heterocycles. The third-order valence-electron chi connectivity index (χ3n) is 3.65. The first-order valence-electron chi connectivity index (χ1n) is 6.52. The van der Waals surface area contributed by atoms with Crippen LogP contribution in [0.15, 0.2) is 24.3 Å². The molecule has 6 heteroatoms. The Kier molecular flexibility index (Phi) is 3.11. The largest absolute Gasteiger partial charge is 0.434 e. The summed E-state index contributed by atoms with van der Waals surface area (Å²) in [5.74, 6) is -0.611. The van der Waals surface area contributed by atoms with Crippen LogP contribution in [-0.4, -0.2) is 4.98 Å². The van der Waals surface area contributed by atoms with Crippen LogP contribution in [0.4, 0.5) is 23.2 Å². The molecule has 0 atom stereocenters. The second-order valence-electron chi connectivity index (χ2n) is 5.04. The van der Waals surface area contributed by atoms with Gasteiger partial charge in [0.25, 0.3) is 0 Å². The van der Waals surface area contributed by atoms with E-state index in [4.69, 9.17) is 5.73 Å². The second kappa shape index (κ2) is 4.72. The number of benzene rings is 1. The first-order chi connectivity index (χ1) is 9.88. The molecule has 1 aliphatic rings. The van der Waals surface area contributed by atoms with Crippen molar-refractivity contribution in [2.24, 2.45) is 0 Å². The number of nitrogen functional groups attached to an aromatic ring is 1. The summed E-state index contributed by atoms with van der Waals surface area (Å²) >= 11 is 0. The van der Waals surface area contributed by atoms with Gasteiger partial charge in [-0.25, -0.2) is 9.37 Å². The molecule has 0 fully saturated rings. The van der Waals surface area contributed by atoms with E-state index < -0.39 is 17.7 Å². The third-order valence-corrected chi connectivity index (χ3v) is 3.65. The number of nitrogens with two attached hydrogens (primary N) is 1. The fourth-order valence-corrected chi connectivity index (χ4v) is 2.75. The minimum Gasteiger partial charge on any atom is -0.398 e. The highest BCUT2D eigenvalue weighted by Gasteiger charge is 2.38. The van der Waals surface area contributed by atoms with E-state index in [-0.39, 0.29) is 16.8 Å². The Balaban J connectivity index is 2.32. The number of hydrogen-bond acceptors (Lipinski definition) is 2. The Morgan fingerprint density at radius 3 is 2.57 bits per heavy atom. The molecule has 3 rings (SSSR count). The Labute approximate surface area is 118 Å². The van der Waals surface area contributed by atoms with Crippen molar-refractivity contribution in [3.05, 3.63) is 47.0 Å². The van der Waals surface area contributed by atoms with Crippen molar-refractivity contribution in [1.82, 2.24) is 4.98 Å². The summed E-state index contributed by atoms with van der Waals surface area (Å²) in [6, 6.07) is 4.99. The first-order valence-corrected chi connectivity index (χ1v) is 6.52. The van der Waals surface area contributed by atoms with E-state index in [1.165, 1.54) is 18.2 Å². The van der Waals surface area contributed by atoms with Crippen LogP contribution in [0.1, 0.15) is 23.4 Å². The molecule has 0 radical (unpaired) electrons. The molecule has 0 bridgehead atoms. The van der Waals surface area contributed by atoms with Crippen molar-refractivity contribution in [2.45, 2.75) is 25.4 Å². The molecule has 21 heavy (non-hydrogen) atoms. The van der Waals surface area contributed by atoms with Crippen LogP contribution in [0.25, 0.3) is 11.1 Å². The summed E-state index contributed by atoms with van der Waals surface area (Å²) < 4.78 is 53.2. The van der Waals surface area contributed by atoms with Gasteiger partial charge in [-0.1, -0.05) is 12.1 Å². The van der Waals surface area contributed by atoms with Gasteiger partial charge < -0.3 is 5.73 Å². The number of rotatable bonds is 1. The molecule has 2 aromatic rings. The molecule has 1 aliphatic carbocycles. The number of alkyl halides is 3. The minimum absolute atomic E-state index is 0.0652. The lowest BCUT2D eigenvalue weighted by Crippen LogP contribution is -2.14. The van der Waals surface area contributed by atoms with Crippen molar-refractivity contribution < 1.29 is 17.6 Å². The number of hydrogen-bond donors (Lipinski definition) is 1. The lowest BCUT2D eigenvalue weighted by Gasteiger charge is -2.17. The molecule has 1 aromatic heterocycles. The molecule has 0 spiro atoms. The van der Waals surface area contributed by atoms with Crippen molar-refractivity contribution in [2.75, 3.05) is 5.73 Å². The van der Waals surface area contributed by atoms with Gasteiger partial charge in [0.1, 0.15) is 5.82 Å². The number of pyridine rings is 1. The third kappa shape index (κ3) is 2.34. The van der Waals surface area contributed by atoms with Crippen LogP contribution >= 0.6 is 0 Å². The van der Waals surface area contributed by atoms with Crippen molar-refractivity contribution in [1.29, 1.82) is 0 Å². The Morgan fingerprint density at radius 1 is 1.14 bits per heavy atom. The quantitative estimate of drug-likeness (QED) is 0.808. The smallest absolute Gasteiger partial charge is 0.398 e. The van der Waals surface area contributed by atoms with Crippen LogP contribution in [0.3, 0.4) is 0 Å². The zero-order chi connectivity index (χ0) is 15.2.